The maximum atomic E-state index is 2.37. The third-order valence-corrected chi connectivity index (χ3v) is 21.5. The van der Waals surface area contributed by atoms with E-state index in [1.54, 1.807) is 11.1 Å². The van der Waals surface area contributed by atoms with Gasteiger partial charge in [-0.1, -0.05) is 337 Å². The van der Waals surface area contributed by atoms with Gasteiger partial charge in [-0.3, -0.25) is 0 Å². The molecule has 0 heteroatoms. The molecule has 0 N–H and O–H groups in total. The summed E-state index contributed by atoms with van der Waals surface area (Å²) >= 11 is 0. The van der Waals surface area contributed by atoms with Crippen molar-refractivity contribution in [2.45, 2.75) is 322 Å². The molecule has 0 radical (unpaired) electrons. The summed E-state index contributed by atoms with van der Waals surface area (Å²) in [5.74, 6) is 1.25. The van der Waals surface area contributed by atoms with Gasteiger partial charge in [0.2, 0.25) is 0 Å². The van der Waals surface area contributed by atoms with E-state index in [1.807, 2.05) is 111 Å². The van der Waals surface area contributed by atoms with Gasteiger partial charge in [0.25, 0.3) is 0 Å². The Kier molecular flexibility index (Phi) is 50.0. The van der Waals surface area contributed by atoms with Gasteiger partial charge >= 0.3 is 0 Å². The largest absolute Gasteiger partial charge is 0.0683 e. The lowest BCUT2D eigenvalue weighted by atomic mass is 9.82. The Morgan fingerprint density at radius 1 is 0.174 bits per heavy atom. The van der Waals surface area contributed by atoms with Crippen LogP contribution in [0.2, 0.25) is 0 Å². The molecule has 0 spiro atoms. The first-order valence-electron chi connectivity index (χ1n) is 44.4. The molecular formula is C115H164. The van der Waals surface area contributed by atoms with Crippen LogP contribution in [0.15, 0.2) is 176 Å². The summed E-state index contributed by atoms with van der Waals surface area (Å²) in [5, 5.41) is 13.9. The van der Waals surface area contributed by atoms with Crippen molar-refractivity contribution in [2.24, 2.45) is 0 Å². The van der Waals surface area contributed by atoms with Crippen LogP contribution in [0.1, 0.15) is 301 Å². The van der Waals surface area contributed by atoms with E-state index >= 15 is 0 Å². The van der Waals surface area contributed by atoms with Gasteiger partial charge in [-0.2, -0.15) is 0 Å². The van der Waals surface area contributed by atoms with Crippen LogP contribution < -0.4 is 0 Å². The van der Waals surface area contributed by atoms with E-state index in [0.717, 1.165) is 0 Å². The second kappa shape index (κ2) is 54.1. The number of fused-ring (bicyclic) bond motifs is 8. The number of hydrogen-bond donors (Lipinski definition) is 0. The molecule has 0 aliphatic heterocycles. The Hall–Kier alpha value is -8.84. The van der Waals surface area contributed by atoms with E-state index in [-0.39, 0.29) is 0 Å². The number of benzene rings is 13. The van der Waals surface area contributed by atoms with Crippen molar-refractivity contribution in [2.75, 3.05) is 0 Å². The smallest absolute Gasteiger partial charge is 0.0146 e. The lowest BCUT2D eigenvalue weighted by Gasteiger charge is -2.23. The lowest BCUT2D eigenvalue weighted by Crippen LogP contribution is -2.06. The quantitative estimate of drug-likeness (QED) is 0.162. The monoisotopic (exact) mass is 1550 g/mol. The van der Waals surface area contributed by atoms with Crippen LogP contribution in [0.5, 0.6) is 0 Å². The number of rotatable bonds is 2. The van der Waals surface area contributed by atoms with Crippen molar-refractivity contribution >= 4 is 53.9 Å². The fourth-order valence-corrected chi connectivity index (χ4v) is 15.1. The molecule has 0 atom stereocenters. The molecule has 0 heterocycles. The normalized spacial score (nSPS) is 10.1. The number of aryl methyl sites for hydroxylation is 24. The maximum Gasteiger partial charge on any atom is -0.0146 e. The Bertz CT molecular complexity index is 4950. The maximum absolute atomic E-state index is 2.37. The van der Waals surface area contributed by atoms with Gasteiger partial charge in [0.05, 0.1) is 0 Å². The highest BCUT2D eigenvalue weighted by Gasteiger charge is 2.19. The molecule has 14 rings (SSSR count). The Morgan fingerprint density at radius 3 is 0.896 bits per heavy atom. The molecule has 0 amide bonds. The summed E-state index contributed by atoms with van der Waals surface area (Å²) in [5.41, 5.74) is 41.0. The molecule has 0 nitrogen and oxygen atoms in total. The minimum atomic E-state index is 0.626. The van der Waals surface area contributed by atoms with E-state index in [9.17, 15) is 0 Å². The molecule has 0 bridgehead atoms. The summed E-state index contributed by atoms with van der Waals surface area (Å²) in [6.45, 7) is 91.5. The van der Waals surface area contributed by atoms with E-state index in [1.165, 1.54) is 217 Å². The molecule has 13 aromatic carbocycles. The summed E-state index contributed by atoms with van der Waals surface area (Å²) in [7, 11) is 0. The van der Waals surface area contributed by atoms with Gasteiger partial charge in [-0.05, 0) is 377 Å². The fourth-order valence-electron chi connectivity index (χ4n) is 15.1. The average molecular weight is 1550 g/mol. The Morgan fingerprint density at radius 2 is 0.470 bits per heavy atom. The zero-order valence-electron chi connectivity index (χ0n) is 81.8. The molecule has 0 fully saturated rings. The second-order valence-corrected chi connectivity index (χ2v) is 30.0. The van der Waals surface area contributed by atoms with E-state index in [2.05, 4.69) is 363 Å². The van der Waals surface area contributed by atoms with Crippen molar-refractivity contribution in [1.82, 2.24) is 0 Å². The minimum Gasteiger partial charge on any atom is -0.0683 e. The first-order chi connectivity index (χ1) is 54.8. The van der Waals surface area contributed by atoms with Crippen LogP contribution >= 0.6 is 0 Å². The van der Waals surface area contributed by atoms with Crippen molar-refractivity contribution < 1.29 is 0 Å². The Balaban J connectivity index is 0.00000128. The zero-order chi connectivity index (χ0) is 88.6. The molecule has 13 aromatic rings. The highest BCUT2D eigenvalue weighted by atomic mass is 14.2. The van der Waals surface area contributed by atoms with Crippen LogP contribution in [0, 0.1) is 159 Å². The van der Waals surface area contributed by atoms with Crippen LogP contribution in [-0.2, 0) is 12.8 Å². The van der Waals surface area contributed by atoms with Gasteiger partial charge in [0, 0.05) is 0 Å². The van der Waals surface area contributed by atoms with Crippen LogP contribution in [0.3, 0.4) is 0 Å². The van der Waals surface area contributed by atoms with Gasteiger partial charge in [0.15, 0.2) is 0 Å². The standard InChI is InChI=1S/C17H18.C15H24.2C14H16.3C13H14.8C2H6/c1-11-4-7-16-14(8-11)5-6-15-9-12(2)13(3)10-17(15)16;1-9(2)14-12(6)8-11(5)13(7)15(14)10(3)4;1-9-5-11(3)14-8-10(2)6-12(4)13(14)7-9;1-9-5-7-14-12(4)10(2)6-8-13(14)11(9)3;1-9-7-11(3)12-6-4-5-10(2)13(12)8-9;1-9-7-8-12-10(2)5-4-6-13(12)11(9)3;1-9-8-10(2)12-6-4-5-7-13(12)11(9)3;8*1-2/h4,7-10H,5-6H2,1-3H3;8-10H,1-7H3;2*5-8H,1-4H3;3*4-8H,1-3H3;8*1-2H3. The Labute approximate surface area is 708 Å². The summed E-state index contributed by atoms with van der Waals surface area (Å²) in [4.78, 5) is 0. The molecule has 0 saturated carbocycles. The van der Waals surface area contributed by atoms with E-state index in [4.69, 9.17) is 0 Å². The lowest BCUT2D eigenvalue weighted by molar-refractivity contribution is 0.774. The number of hydrogen-bond acceptors (Lipinski definition) is 0. The molecule has 1 aliphatic carbocycles. The predicted octanol–water partition coefficient (Wildman–Crippen LogP) is 36.9. The molecule has 0 saturated heterocycles. The van der Waals surface area contributed by atoms with Crippen molar-refractivity contribution in [1.29, 1.82) is 0 Å². The van der Waals surface area contributed by atoms with Gasteiger partial charge in [-0.15, -0.1) is 0 Å². The molecular weight excluding hydrogens is 1380 g/mol. The summed E-state index contributed by atoms with van der Waals surface area (Å²) in [6, 6.07) is 64.6. The first-order valence-corrected chi connectivity index (χ1v) is 44.4. The fraction of sp³-hybridized carbons (Fsp3) is 0.409. The highest BCUT2D eigenvalue weighted by Crippen LogP contribution is 2.37. The molecule has 624 valence electrons. The van der Waals surface area contributed by atoms with Gasteiger partial charge < -0.3 is 0 Å². The molecule has 115 heavy (non-hydrogen) atoms. The molecule has 0 aromatic heterocycles. The summed E-state index contributed by atoms with van der Waals surface area (Å²) in [6.07, 6.45) is 2.37. The van der Waals surface area contributed by atoms with E-state index < -0.39 is 0 Å². The zero-order valence-corrected chi connectivity index (χ0v) is 81.8. The molecule has 0 unspecified atom stereocenters. The third-order valence-electron chi connectivity index (χ3n) is 21.5. The van der Waals surface area contributed by atoms with Gasteiger partial charge in [-0.25, -0.2) is 0 Å². The second-order valence-electron chi connectivity index (χ2n) is 30.0. The first kappa shape index (κ1) is 106. The van der Waals surface area contributed by atoms with Gasteiger partial charge in [0.1, 0.15) is 0 Å². The van der Waals surface area contributed by atoms with Crippen molar-refractivity contribution in [3.8, 4) is 11.1 Å². The predicted molar refractivity (Wildman–Crippen MR) is 533 cm³/mol. The van der Waals surface area contributed by atoms with Crippen LogP contribution in [-0.4, -0.2) is 0 Å². The highest BCUT2D eigenvalue weighted by molar-refractivity contribution is 5.93. The summed E-state index contributed by atoms with van der Waals surface area (Å²) < 4.78 is 0. The van der Waals surface area contributed by atoms with Crippen molar-refractivity contribution in [3.63, 3.8) is 0 Å². The molecule has 1 aliphatic rings. The van der Waals surface area contributed by atoms with Crippen molar-refractivity contribution in [3.05, 3.63) is 326 Å². The topological polar surface area (TPSA) is 0 Å². The third kappa shape index (κ3) is 29.4. The van der Waals surface area contributed by atoms with Crippen LogP contribution in [0.25, 0.3) is 65.0 Å². The van der Waals surface area contributed by atoms with E-state index in [0.29, 0.717) is 11.8 Å². The minimum absolute atomic E-state index is 0.626. The SMILES string of the molecule is CC.CC.CC.CC.CC.CC.CC.CC.Cc1cc(C)c(C(C)C)c(C(C)C)c1C.Cc1cc(C)c2cc(C)cc(C)c2c1.Cc1cc(C)c2cccc(C)c2c1.Cc1cc(C)c2ccccc2c1C.Cc1ccc2c(C)c(C)ccc2c1C.Cc1ccc2c(C)cccc2c1C.Cc1ccc2c(c1)CCc1cc(C)c(C)cc1-2. The van der Waals surface area contributed by atoms with Crippen LogP contribution in [0.4, 0.5) is 0 Å². The average Bonchev–Trinajstić information content (AvgIpc) is 0.808.